The number of piperidine rings is 1. The zero-order chi connectivity index (χ0) is 14.2. The number of nitrogens with zero attached hydrogens (tertiary/aromatic N) is 1. The SMILES string of the molecule is CC1CCN(S(=O)(=O)c2cc(CNC3CC3)cs2)CC1. The van der Waals surface area contributed by atoms with Gasteiger partial charge in [0.2, 0.25) is 0 Å². The summed E-state index contributed by atoms with van der Waals surface area (Å²) in [4.78, 5) is 0. The van der Waals surface area contributed by atoms with E-state index in [-0.39, 0.29) is 0 Å². The van der Waals surface area contributed by atoms with Gasteiger partial charge in [0.1, 0.15) is 4.21 Å². The van der Waals surface area contributed by atoms with Crippen molar-refractivity contribution in [2.24, 2.45) is 5.92 Å². The average molecular weight is 314 g/mol. The van der Waals surface area contributed by atoms with Gasteiger partial charge in [-0.05, 0) is 48.6 Å². The molecule has 0 bridgehead atoms. The summed E-state index contributed by atoms with van der Waals surface area (Å²) in [7, 11) is -3.26. The van der Waals surface area contributed by atoms with Crippen molar-refractivity contribution in [3.8, 4) is 0 Å². The Kier molecular flexibility index (Phi) is 4.17. The molecule has 112 valence electrons. The molecule has 4 nitrogen and oxygen atoms in total. The topological polar surface area (TPSA) is 49.4 Å². The van der Waals surface area contributed by atoms with E-state index in [9.17, 15) is 8.42 Å². The minimum atomic E-state index is -3.26. The lowest BCUT2D eigenvalue weighted by molar-refractivity contribution is 0.288. The molecule has 0 amide bonds. The Morgan fingerprint density at radius 1 is 1.30 bits per heavy atom. The van der Waals surface area contributed by atoms with Crippen LogP contribution in [0.1, 0.15) is 38.2 Å². The van der Waals surface area contributed by atoms with Crippen LogP contribution in [0.4, 0.5) is 0 Å². The number of hydrogen-bond donors (Lipinski definition) is 1. The molecule has 6 heteroatoms. The van der Waals surface area contributed by atoms with E-state index in [0.29, 0.717) is 29.3 Å². The Balaban J connectivity index is 1.67. The van der Waals surface area contributed by atoms with Gasteiger partial charge >= 0.3 is 0 Å². The summed E-state index contributed by atoms with van der Waals surface area (Å²) < 4.78 is 27.3. The van der Waals surface area contributed by atoms with Gasteiger partial charge in [-0.1, -0.05) is 6.92 Å². The maximum atomic E-state index is 12.6. The van der Waals surface area contributed by atoms with Crippen molar-refractivity contribution in [3.05, 3.63) is 17.0 Å². The molecule has 1 saturated carbocycles. The van der Waals surface area contributed by atoms with Gasteiger partial charge in [0.15, 0.2) is 0 Å². The van der Waals surface area contributed by atoms with Gasteiger partial charge in [0, 0.05) is 25.7 Å². The molecule has 1 aromatic heterocycles. The second kappa shape index (κ2) is 5.75. The molecule has 2 aliphatic rings. The van der Waals surface area contributed by atoms with Crippen molar-refractivity contribution in [2.45, 2.75) is 49.4 Å². The summed E-state index contributed by atoms with van der Waals surface area (Å²) in [6.45, 7) is 4.30. The van der Waals surface area contributed by atoms with Crippen LogP contribution in [0, 0.1) is 5.92 Å². The second-order valence-electron chi connectivity index (χ2n) is 6.02. The van der Waals surface area contributed by atoms with E-state index in [0.717, 1.165) is 24.9 Å². The summed E-state index contributed by atoms with van der Waals surface area (Å²) in [6.07, 6.45) is 4.45. The Morgan fingerprint density at radius 3 is 2.65 bits per heavy atom. The van der Waals surface area contributed by atoms with Gasteiger partial charge < -0.3 is 5.32 Å². The first kappa shape index (κ1) is 14.5. The molecule has 1 aliphatic carbocycles. The molecule has 1 aromatic rings. The number of rotatable bonds is 5. The maximum Gasteiger partial charge on any atom is 0.252 e. The zero-order valence-electron chi connectivity index (χ0n) is 11.8. The molecule has 1 saturated heterocycles. The number of thiophene rings is 1. The van der Waals surface area contributed by atoms with Crippen molar-refractivity contribution in [1.82, 2.24) is 9.62 Å². The quantitative estimate of drug-likeness (QED) is 0.908. The molecule has 2 fully saturated rings. The molecule has 0 unspecified atom stereocenters. The van der Waals surface area contributed by atoms with Gasteiger partial charge in [-0.15, -0.1) is 11.3 Å². The lowest BCUT2D eigenvalue weighted by atomic mass is 10.0. The molecule has 0 aromatic carbocycles. The highest BCUT2D eigenvalue weighted by Gasteiger charge is 2.29. The van der Waals surface area contributed by atoms with Crippen molar-refractivity contribution in [2.75, 3.05) is 13.1 Å². The van der Waals surface area contributed by atoms with Crippen LogP contribution >= 0.6 is 11.3 Å². The van der Waals surface area contributed by atoms with E-state index < -0.39 is 10.0 Å². The van der Waals surface area contributed by atoms with Crippen molar-refractivity contribution >= 4 is 21.4 Å². The van der Waals surface area contributed by atoms with Crippen molar-refractivity contribution in [1.29, 1.82) is 0 Å². The molecule has 0 atom stereocenters. The standard InChI is InChI=1S/C14H22N2O2S2/c1-11-4-6-16(7-5-11)20(17,18)14-8-12(10-19-14)9-15-13-2-3-13/h8,10-11,13,15H,2-7,9H2,1H3. The van der Waals surface area contributed by atoms with E-state index in [1.807, 2.05) is 11.4 Å². The van der Waals surface area contributed by atoms with Gasteiger partial charge in [-0.25, -0.2) is 8.42 Å². The first-order chi connectivity index (χ1) is 9.55. The van der Waals surface area contributed by atoms with E-state index in [1.165, 1.54) is 24.2 Å². The summed E-state index contributed by atoms with van der Waals surface area (Å²) in [5, 5.41) is 5.39. The largest absolute Gasteiger partial charge is 0.310 e. The van der Waals surface area contributed by atoms with Crippen LogP contribution in [0.25, 0.3) is 0 Å². The van der Waals surface area contributed by atoms with Crippen LogP contribution in [0.15, 0.2) is 15.7 Å². The Bertz CT molecular complexity index is 555. The highest BCUT2D eigenvalue weighted by atomic mass is 32.2. The van der Waals surface area contributed by atoms with E-state index in [2.05, 4.69) is 12.2 Å². The van der Waals surface area contributed by atoms with Gasteiger partial charge in [-0.2, -0.15) is 4.31 Å². The van der Waals surface area contributed by atoms with E-state index >= 15 is 0 Å². The Labute approximate surface area is 125 Å². The van der Waals surface area contributed by atoms with Crippen LogP contribution < -0.4 is 5.32 Å². The molecule has 1 aliphatic heterocycles. The predicted octanol–water partition coefficient (Wildman–Crippen LogP) is 2.42. The van der Waals surface area contributed by atoms with Crippen LogP contribution in [0.2, 0.25) is 0 Å². The Morgan fingerprint density at radius 2 is 2.00 bits per heavy atom. The molecule has 2 heterocycles. The molecule has 1 N–H and O–H groups in total. The van der Waals surface area contributed by atoms with E-state index in [4.69, 9.17) is 0 Å². The van der Waals surface area contributed by atoms with Crippen LogP contribution in [-0.4, -0.2) is 31.9 Å². The predicted molar refractivity (Wildman–Crippen MR) is 81.3 cm³/mol. The molecular formula is C14H22N2O2S2. The van der Waals surface area contributed by atoms with Gasteiger partial charge in [0.25, 0.3) is 10.0 Å². The van der Waals surface area contributed by atoms with Gasteiger partial charge in [0.05, 0.1) is 0 Å². The molecule has 0 radical (unpaired) electrons. The summed E-state index contributed by atoms with van der Waals surface area (Å²) in [5.41, 5.74) is 1.09. The summed E-state index contributed by atoms with van der Waals surface area (Å²) >= 11 is 1.35. The molecule has 3 rings (SSSR count). The fourth-order valence-corrected chi connectivity index (χ4v) is 5.31. The lowest BCUT2D eigenvalue weighted by Crippen LogP contribution is -2.37. The van der Waals surface area contributed by atoms with Crippen LogP contribution in [-0.2, 0) is 16.6 Å². The molecule has 20 heavy (non-hydrogen) atoms. The monoisotopic (exact) mass is 314 g/mol. The van der Waals surface area contributed by atoms with E-state index in [1.54, 1.807) is 4.31 Å². The third kappa shape index (κ3) is 3.24. The highest BCUT2D eigenvalue weighted by Crippen LogP contribution is 2.28. The van der Waals surface area contributed by atoms with Crippen LogP contribution in [0.5, 0.6) is 0 Å². The highest BCUT2D eigenvalue weighted by molar-refractivity contribution is 7.91. The summed E-state index contributed by atoms with van der Waals surface area (Å²) in [6, 6.07) is 2.49. The van der Waals surface area contributed by atoms with Crippen molar-refractivity contribution < 1.29 is 8.42 Å². The fraction of sp³-hybridized carbons (Fsp3) is 0.714. The number of sulfonamides is 1. The fourth-order valence-electron chi connectivity index (χ4n) is 2.48. The average Bonchev–Trinajstić information content (AvgIpc) is 3.13. The summed E-state index contributed by atoms with van der Waals surface area (Å²) in [5.74, 6) is 0.642. The molecule has 0 spiro atoms. The molecular weight excluding hydrogens is 292 g/mol. The first-order valence-electron chi connectivity index (χ1n) is 7.36. The smallest absolute Gasteiger partial charge is 0.252 e. The van der Waals surface area contributed by atoms with Crippen LogP contribution in [0.3, 0.4) is 0 Å². The Hall–Kier alpha value is -0.430. The minimum Gasteiger partial charge on any atom is -0.310 e. The lowest BCUT2D eigenvalue weighted by Gasteiger charge is -2.28. The first-order valence-corrected chi connectivity index (χ1v) is 9.68. The minimum absolute atomic E-state index is 0.500. The normalized spacial score (nSPS) is 22.2. The van der Waals surface area contributed by atoms with Gasteiger partial charge in [-0.3, -0.25) is 0 Å². The zero-order valence-corrected chi connectivity index (χ0v) is 13.5. The number of hydrogen-bond acceptors (Lipinski definition) is 4. The van der Waals surface area contributed by atoms with Crippen molar-refractivity contribution in [3.63, 3.8) is 0 Å². The maximum absolute atomic E-state index is 12.6. The second-order valence-corrected chi connectivity index (χ2v) is 9.09. The number of nitrogens with one attached hydrogen (secondary N) is 1. The third-order valence-electron chi connectivity index (χ3n) is 4.14. The third-order valence-corrected chi connectivity index (χ3v) is 7.50.